The van der Waals surface area contributed by atoms with Crippen LogP contribution in [0.4, 0.5) is 0 Å². The number of fused-ring (bicyclic) bond motifs is 1. The third-order valence-electron chi connectivity index (χ3n) is 3.62. The predicted octanol–water partition coefficient (Wildman–Crippen LogP) is 2.38. The monoisotopic (exact) mass is 282 g/mol. The second-order valence-electron chi connectivity index (χ2n) is 4.93. The number of hydrogen-bond donors (Lipinski definition) is 2. The molecule has 0 fully saturated rings. The van der Waals surface area contributed by atoms with Gasteiger partial charge >= 0.3 is 0 Å². The van der Waals surface area contributed by atoms with E-state index in [1.165, 1.54) is 11.1 Å². The Kier molecular flexibility index (Phi) is 6.89. The molecule has 0 bridgehead atoms. The van der Waals surface area contributed by atoms with Crippen molar-refractivity contribution in [1.29, 1.82) is 0 Å². The summed E-state index contributed by atoms with van der Waals surface area (Å²) in [4.78, 5) is 12.2. The fourth-order valence-electron chi connectivity index (χ4n) is 2.63. The van der Waals surface area contributed by atoms with Crippen LogP contribution in [0.15, 0.2) is 24.3 Å². The van der Waals surface area contributed by atoms with E-state index in [-0.39, 0.29) is 24.2 Å². The van der Waals surface area contributed by atoms with E-state index >= 15 is 0 Å². The predicted molar refractivity (Wildman–Crippen MR) is 80.7 cm³/mol. The van der Waals surface area contributed by atoms with E-state index in [2.05, 4.69) is 23.5 Å². The fraction of sp³-hybridized carbons (Fsp3) is 0.533. The highest BCUT2D eigenvalue weighted by molar-refractivity contribution is 5.85. The van der Waals surface area contributed by atoms with Gasteiger partial charge in [0.05, 0.1) is 5.92 Å². The summed E-state index contributed by atoms with van der Waals surface area (Å²) in [5.74, 6) is 0.229. The molecule has 0 aliphatic heterocycles. The van der Waals surface area contributed by atoms with Crippen LogP contribution in [0, 0.1) is 0 Å². The van der Waals surface area contributed by atoms with E-state index in [0.29, 0.717) is 6.54 Å². The first-order valence-corrected chi connectivity index (χ1v) is 6.88. The number of benzene rings is 1. The lowest BCUT2D eigenvalue weighted by atomic mass is 9.82. The molecular formula is C15H23ClN2O. The maximum absolute atomic E-state index is 12.2. The van der Waals surface area contributed by atoms with Crippen molar-refractivity contribution in [3.8, 4) is 0 Å². The number of amides is 1. The lowest BCUT2D eigenvalue weighted by Crippen LogP contribution is -2.32. The van der Waals surface area contributed by atoms with E-state index in [4.69, 9.17) is 5.73 Å². The van der Waals surface area contributed by atoms with Gasteiger partial charge in [-0.2, -0.15) is 0 Å². The highest BCUT2D eigenvalue weighted by Crippen LogP contribution is 2.31. The fourth-order valence-corrected chi connectivity index (χ4v) is 2.63. The molecule has 0 radical (unpaired) electrons. The van der Waals surface area contributed by atoms with Gasteiger partial charge in [0.15, 0.2) is 0 Å². The number of carbonyl (C=O) groups excluding carboxylic acids is 1. The highest BCUT2D eigenvalue weighted by atomic mass is 35.5. The van der Waals surface area contributed by atoms with Crippen molar-refractivity contribution >= 4 is 18.3 Å². The molecule has 1 amide bonds. The molecule has 0 aromatic heterocycles. The Hall–Kier alpha value is -1.06. The zero-order chi connectivity index (χ0) is 12.8. The summed E-state index contributed by atoms with van der Waals surface area (Å²) in [6.07, 6.45) is 5.13. The Balaban J connectivity index is 0.00000180. The number of aryl methyl sites for hydroxylation is 1. The number of carbonyl (C=O) groups is 1. The molecular weight excluding hydrogens is 260 g/mol. The molecule has 1 aromatic carbocycles. The summed E-state index contributed by atoms with van der Waals surface area (Å²) < 4.78 is 0. The smallest absolute Gasteiger partial charge is 0.227 e. The second-order valence-corrected chi connectivity index (χ2v) is 4.93. The third-order valence-corrected chi connectivity index (χ3v) is 3.62. The first-order chi connectivity index (χ1) is 8.83. The minimum atomic E-state index is 0. The molecule has 0 saturated carbocycles. The van der Waals surface area contributed by atoms with Crippen molar-refractivity contribution in [2.75, 3.05) is 13.1 Å². The van der Waals surface area contributed by atoms with Crippen LogP contribution in [-0.4, -0.2) is 19.0 Å². The van der Waals surface area contributed by atoms with Crippen molar-refractivity contribution in [2.24, 2.45) is 5.73 Å². The van der Waals surface area contributed by atoms with E-state index in [1.54, 1.807) is 0 Å². The summed E-state index contributed by atoms with van der Waals surface area (Å²) in [5, 5.41) is 3.03. The zero-order valence-electron chi connectivity index (χ0n) is 11.2. The first-order valence-electron chi connectivity index (χ1n) is 6.88. The van der Waals surface area contributed by atoms with Gasteiger partial charge in [0.1, 0.15) is 0 Å². The topological polar surface area (TPSA) is 55.1 Å². The molecule has 4 heteroatoms. The van der Waals surface area contributed by atoms with Crippen molar-refractivity contribution in [2.45, 2.75) is 38.0 Å². The molecule has 19 heavy (non-hydrogen) atoms. The minimum absolute atomic E-state index is 0. The SMILES string of the molecule is Cl.NCCCCNC(=O)C1CCCc2ccccc21. The number of rotatable bonds is 5. The van der Waals surface area contributed by atoms with Gasteiger partial charge in [-0.25, -0.2) is 0 Å². The molecule has 106 valence electrons. The van der Waals surface area contributed by atoms with Crippen LogP contribution in [0.1, 0.15) is 42.7 Å². The van der Waals surface area contributed by atoms with E-state index in [9.17, 15) is 4.79 Å². The Morgan fingerprint density at radius 2 is 2.11 bits per heavy atom. The van der Waals surface area contributed by atoms with Gasteiger partial charge < -0.3 is 11.1 Å². The lowest BCUT2D eigenvalue weighted by Gasteiger charge is -2.24. The van der Waals surface area contributed by atoms with Gasteiger partial charge in [0, 0.05) is 6.54 Å². The van der Waals surface area contributed by atoms with Gasteiger partial charge in [-0.05, 0) is 49.8 Å². The third kappa shape index (κ3) is 4.22. The Labute approximate surface area is 121 Å². The molecule has 2 rings (SSSR count). The van der Waals surface area contributed by atoms with Crippen molar-refractivity contribution in [1.82, 2.24) is 5.32 Å². The van der Waals surface area contributed by atoms with Crippen LogP contribution in [0.25, 0.3) is 0 Å². The highest BCUT2D eigenvalue weighted by Gasteiger charge is 2.25. The molecule has 1 atom stereocenters. The van der Waals surface area contributed by atoms with Crippen molar-refractivity contribution < 1.29 is 4.79 Å². The molecule has 1 unspecified atom stereocenters. The minimum Gasteiger partial charge on any atom is -0.356 e. The van der Waals surface area contributed by atoms with Gasteiger partial charge in [0.25, 0.3) is 0 Å². The Morgan fingerprint density at radius 1 is 1.32 bits per heavy atom. The van der Waals surface area contributed by atoms with Gasteiger partial charge in [-0.3, -0.25) is 4.79 Å². The number of unbranched alkanes of at least 4 members (excludes halogenated alkanes) is 1. The van der Waals surface area contributed by atoms with Crippen LogP contribution in [0.5, 0.6) is 0 Å². The molecule has 1 aliphatic rings. The normalized spacial score (nSPS) is 17.2. The van der Waals surface area contributed by atoms with Crippen LogP contribution in [0.3, 0.4) is 0 Å². The lowest BCUT2D eigenvalue weighted by molar-refractivity contribution is -0.122. The largest absolute Gasteiger partial charge is 0.356 e. The quantitative estimate of drug-likeness (QED) is 0.815. The zero-order valence-corrected chi connectivity index (χ0v) is 12.0. The number of halogens is 1. The summed E-state index contributed by atoms with van der Waals surface area (Å²) in [6.45, 7) is 1.44. The summed E-state index contributed by atoms with van der Waals surface area (Å²) in [7, 11) is 0. The molecule has 3 nitrogen and oxygen atoms in total. The molecule has 0 saturated heterocycles. The van der Waals surface area contributed by atoms with E-state index < -0.39 is 0 Å². The van der Waals surface area contributed by atoms with E-state index in [0.717, 1.165) is 38.6 Å². The Morgan fingerprint density at radius 3 is 2.89 bits per heavy atom. The molecule has 3 N–H and O–H groups in total. The van der Waals surface area contributed by atoms with Gasteiger partial charge in [-0.15, -0.1) is 12.4 Å². The first kappa shape index (κ1) is 16.0. The van der Waals surface area contributed by atoms with Crippen LogP contribution >= 0.6 is 12.4 Å². The standard InChI is InChI=1S/C15H22N2O.ClH/c16-10-3-4-11-17-15(18)14-9-5-7-12-6-1-2-8-13(12)14;/h1-2,6,8,14H,3-5,7,9-11,16H2,(H,17,18);1H. The summed E-state index contributed by atoms with van der Waals surface area (Å²) in [5.41, 5.74) is 8.00. The average Bonchev–Trinajstić information content (AvgIpc) is 2.43. The summed E-state index contributed by atoms with van der Waals surface area (Å²) >= 11 is 0. The number of hydrogen-bond acceptors (Lipinski definition) is 2. The van der Waals surface area contributed by atoms with Crippen molar-refractivity contribution in [3.63, 3.8) is 0 Å². The van der Waals surface area contributed by atoms with E-state index in [1.807, 2.05) is 6.07 Å². The van der Waals surface area contributed by atoms with Crippen LogP contribution < -0.4 is 11.1 Å². The number of nitrogens with two attached hydrogens (primary N) is 1. The maximum atomic E-state index is 12.2. The maximum Gasteiger partial charge on any atom is 0.227 e. The molecule has 0 spiro atoms. The van der Waals surface area contributed by atoms with Crippen LogP contribution in [-0.2, 0) is 11.2 Å². The van der Waals surface area contributed by atoms with Crippen LogP contribution in [0.2, 0.25) is 0 Å². The molecule has 1 aromatic rings. The molecule has 0 heterocycles. The number of nitrogens with one attached hydrogen (secondary N) is 1. The summed E-state index contributed by atoms with van der Waals surface area (Å²) in [6, 6.07) is 8.32. The van der Waals surface area contributed by atoms with Gasteiger partial charge in [-0.1, -0.05) is 24.3 Å². The van der Waals surface area contributed by atoms with Crippen molar-refractivity contribution in [3.05, 3.63) is 35.4 Å². The average molecular weight is 283 g/mol. The van der Waals surface area contributed by atoms with Gasteiger partial charge in [0.2, 0.25) is 5.91 Å². The Bertz CT molecular complexity index is 409. The molecule has 1 aliphatic carbocycles. The second kappa shape index (κ2) is 8.18.